The summed E-state index contributed by atoms with van der Waals surface area (Å²) in [5.74, 6) is 1.11. The zero-order valence-corrected chi connectivity index (χ0v) is 21.4. The lowest BCUT2D eigenvalue weighted by Crippen LogP contribution is -2.56. The lowest BCUT2D eigenvalue weighted by molar-refractivity contribution is -0.136. The first-order valence-electron chi connectivity index (χ1n) is 12.2. The van der Waals surface area contributed by atoms with Crippen molar-refractivity contribution in [3.8, 4) is 11.4 Å². The van der Waals surface area contributed by atoms with E-state index in [4.69, 9.17) is 4.52 Å². The van der Waals surface area contributed by atoms with Gasteiger partial charge in [0, 0.05) is 38.2 Å². The molecule has 3 heterocycles. The minimum atomic E-state index is -0.517. The molecule has 2 amide bonds. The molecule has 0 radical (unpaired) electrons. The van der Waals surface area contributed by atoms with Crippen LogP contribution in [0.2, 0.25) is 0 Å². The van der Waals surface area contributed by atoms with Crippen molar-refractivity contribution < 1.29 is 14.1 Å². The number of rotatable bonds is 9. The highest BCUT2D eigenvalue weighted by Crippen LogP contribution is 2.17. The van der Waals surface area contributed by atoms with E-state index < -0.39 is 6.04 Å². The van der Waals surface area contributed by atoms with Gasteiger partial charge in [0.25, 0.3) is 5.91 Å². The fraction of sp³-hybridized carbons (Fsp3) is 0.462. The van der Waals surface area contributed by atoms with Crippen molar-refractivity contribution in [2.45, 2.75) is 39.7 Å². The standard InChI is InChI=1S/C26H33N5O3S/c1-18(2)23(28-25(32)21-6-5-17-35-21)26(33)31-15-13-30(14-16-31)12-4-7-22-27-24(29-34-22)20-10-8-19(3)9-11-20/h5-6,8-11,17-18,23H,4,7,12-16H2,1-3H3,(H,28,32). The van der Waals surface area contributed by atoms with Gasteiger partial charge in [0.2, 0.25) is 17.6 Å². The smallest absolute Gasteiger partial charge is 0.262 e. The van der Waals surface area contributed by atoms with Crippen molar-refractivity contribution in [2.24, 2.45) is 5.92 Å². The van der Waals surface area contributed by atoms with Crippen molar-refractivity contribution in [3.05, 3.63) is 58.1 Å². The first kappa shape index (κ1) is 25.1. The van der Waals surface area contributed by atoms with Gasteiger partial charge in [0.05, 0.1) is 4.88 Å². The minimum absolute atomic E-state index is 0.000879. The van der Waals surface area contributed by atoms with Crippen molar-refractivity contribution in [1.29, 1.82) is 0 Å². The summed E-state index contributed by atoms with van der Waals surface area (Å²) in [5.41, 5.74) is 2.15. The third kappa shape index (κ3) is 6.55. The molecule has 3 aromatic rings. The number of nitrogens with one attached hydrogen (secondary N) is 1. The number of aromatic nitrogens is 2. The second kappa shape index (κ2) is 11.6. The van der Waals surface area contributed by atoms with Crippen LogP contribution in [0.25, 0.3) is 11.4 Å². The van der Waals surface area contributed by atoms with E-state index >= 15 is 0 Å². The minimum Gasteiger partial charge on any atom is -0.339 e. The Morgan fingerprint density at radius 2 is 1.86 bits per heavy atom. The molecule has 1 saturated heterocycles. The Balaban J connectivity index is 1.21. The van der Waals surface area contributed by atoms with Crippen LogP contribution in [-0.2, 0) is 11.2 Å². The molecule has 1 fully saturated rings. The highest BCUT2D eigenvalue weighted by molar-refractivity contribution is 7.12. The Kier molecular flexibility index (Phi) is 8.30. The molecule has 4 rings (SSSR count). The lowest BCUT2D eigenvalue weighted by atomic mass is 10.0. The predicted molar refractivity (Wildman–Crippen MR) is 136 cm³/mol. The highest BCUT2D eigenvalue weighted by atomic mass is 32.1. The van der Waals surface area contributed by atoms with E-state index in [1.807, 2.05) is 61.4 Å². The summed E-state index contributed by atoms with van der Waals surface area (Å²) >= 11 is 1.38. The molecule has 35 heavy (non-hydrogen) atoms. The molecule has 2 aromatic heterocycles. The van der Waals surface area contributed by atoms with Gasteiger partial charge in [0.15, 0.2) is 0 Å². The molecule has 186 valence electrons. The Morgan fingerprint density at radius 1 is 1.11 bits per heavy atom. The van der Waals surface area contributed by atoms with Crippen LogP contribution >= 0.6 is 11.3 Å². The van der Waals surface area contributed by atoms with E-state index in [-0.39, 0.29) is 17.7 Å². The number of aryl methyl sites for hydroxylation is 2. The SMILES string of the molecule is Cc1ccc(-c2noc(CCCN3CCN(C(=O)C(NC(=O)c4cccs4)C(C)C)CC3)n2)cc1. The van der Waals surface area contributed by atoms with Crippen LogP contribution in [-0.4, -0.2) is 70.5 Å². The summed E-state index contributed by atoms with van der Waals surface area (Å²) in [6, 6.07) is 11.2. The van der Waals surface area contributed by atoms with Gasteiger partial charge in [-0.1, -0.05) is 54.9 Å². The molecule has 0 aliphatic carbocycles. The Morgan fingerprint density at radius 3 is 2.51 bits per heavy atom. The Labute approximate surface area is 210 Å². The molecule has 1 aliphatic heterocycles. The van der Waals surface area contributed by atoms with E-state index in [2.05, 4.69) is 20.4 Å². The molecule has 1 aromatic carbocycles. The first-order chi connectivity index (χ1) is 16.9. The van der Waals surface area contributed by atoms with E-state index in [0.717, 1.165) is 38.0 Å². The van der Waals surface area contributed by atoms with Crippen molar-refractivity contribution in [3.63, 3.8) is 0 Å². The number of thiophene rings is 1. The van der Waals surface area contributed by atoms with Crippen LogP contribution in [0.15, 0.2) is 46.3 Å². The largest absolute Gasteiger partial charge is 0.339 e. The van der Waals surface area contributed by atoms with Crippen LogP contribution in [0.4, 0.5) is 0 Å². The maximum absolute atomic E-state index is 13.2. The maximum atomic E-state index is 13.2. The number of amides is 2. The zero-order chi connectivity index (χ0) is 24.8. The predicted octanol–water partition coefficient (Wildman–Crippen LogP) is 3.64. The molecule has 1 N–H and O–H groups in total. The fourth-order valence-corrected chi connectivity index (χ4v) is 4.78. The monoisotopic (exact) mass is 495 g/mol. The number of piperazine rings is 1. The molecule has 0 bridgehead atoms. The van der Waals surface area contributed by atoms with Crippen molar-refractivity contribution in [1.82, 2.24) is 25.3 Å². The first-order valence-corrected chi connectivity index (χ1v) is 13.0. The molecule has 8 nitrogen and oxygen atoms in total. The quantitative estimate of drug-likeness (QED) is 0.487. The van der Waals surface area contributed by atoms with Crippen molar-refractivity contribution >= 4 is 23.2 Å². The summed E-state index contributed by atoms with van der Waals surface area (Å²) in [4.78, 5) is 35.0. The third-order valence-electron chi connectivity index (χ3n) is 6.29. The van der Waals surface area contributed by atoms with Gasteiger partial charge in [-0.3, -0.25) is 14.5 Å². The number of carbonyl (C=O) groups excluding carboxylic acids is 2. The highest BCUT2D eigenvalue weighted by Gasteiger charge is 2.31. The topological polar surface area (TPSA) is 91.6 Å². The Bertz CT molecular complexity index is 1100. The van der Waals surface area contributed by atoms with E-state index in [1.54, 1.807) is 6.07 Å². The van der Waals surface area contributed by atoms with Gasteiger partial charge in [-0.15, -0.1) is 11.3 Å². The van der Waals surface area contributed by atoms with Crippen LogP contribution < -0.4 is 5.32 Å². The van der Waals surface area contributed by atoms with E-state index in [1.165, 1.54) is 16.9 Å². The summed E-state index contributed by atoms with van der Waals surface area (Å²) < 4.78 is 5.43. The fourth-order valence-electron chi connectivity index (χ4n) is 4.15. The van der Waals surface area contributed by atoms with E-state index in [9.17, 15) is 9.59 Å². The van der Waals surface area contributed by atoms with Gasteiger partial charge in [-0.2, -0.15) is 4.98 Å². The van der Waals surface area contributed by atoms with Crippen LogP contribution in [0.3, 0.4) is 0 Å². The average molecular weight is 496 g/mol. The normalized spacial score (nSPS) is 15.4. The summed E-state index contributed by atoms with van der Waals surface area (Å²) in [5, 5.41) is 8.91. The Hall–Kier alpha value is -3.04. The average Bonchev–Trinajstić information content (AvgIpc) is 3.56. The van der Waals surface area contributed by atoms with E-state index in [0.29, 0.717) is 29.7 Å². The number of hydrogen-bond acceptors (Lipinski definition) is 7. The molecule has 9 heteroatoms. The van der Waals surface area contributed by atoms with Crippen LogP contribution in [0.1, 0.15) is 41.4 Å². The third-order valence-corrected chi connectivity index (χ3v) is 7.16. The molecule has 1 aliphatic rings. The van der Waals surface area contributed by atoms with Gasteiger partial charge < -0.3 is 14.7 Å². The molecule has 0 saturated carbocycles. The van der Waals surface area contributed by atoms with Crippen molar-refractivity contribution in [2.75, 3.05) is 32.7 Å². The van der Waals surface area contributed by atoms with Crippen LogP contribution in [0.5, 0.6) is 0 Å². The van der Waals surface area contributed by atoms with Gasteiger partial charge in [0.1, 0.15) is 6.04 Å². The lowest BCUT2D eigenvalue weighted by Gasteiger charge is -2.37. The number of benzene rings is 1. The number of carbonyl (C=O) groups is 2. The molecular formula is C26H33N5O3S. The maximum Gasteiger partial charge on any atom is 0.262 e. The second-order valence-corrected chi connectivity index (χ2v) is 10.3. The summed E-state index contributed by atoms with van der Waals surface area (Å²) in [6.07, 6.45) is 1.64. The molecule has 1 atom stereocenters. The number of nitrogens with zero attached hydrogens (tertiary/aromatic N) is 4. The van der Waals surface area contributed by atoms with Gasteiger partial charge in [-0.25, -0.2) is 0 Å². The van der Waals surface area contributed by atoms with Crippen LogP contribution in [0, 0.1) is 12.8 Å². The summed E-state index contributed by atoms with van der Waals surface area (Å²) in [6.45, 7) is 9.84. The number of hydrogen-bond donors (Lipinski definition) is 1. The second-order valence-electron chi connectivity index (χ2n) is 9.32. The zero-order valence-electron chi connectivity index (χ0n) is 20.6. The molecule has 1 unspecified atom stereocenters. The van der Waals surface area contributed by atoms with Gasteiger partial charge in [-0.05, 0) is 37.3 Å². The van der Waals surface area contributed by atoms with Gasteiger partial charge >= 0.3 is 0 Å². The molecular weight excluding hydrogens is 462 g/mol. The molecule has 0 spiro atoms. The summed E-state index contributed by atoms with van der Waals surface area (Å²) in [7, 11) is 0.